The third kappa shape index (κ3) is 8.19. The lowest BCUT2D eigenvalue weighted by Gasteiger charge is -2.24. The second-order valence-corrected chi connectivity index (χ2v) is 13.5. The average molecular weight is 713 g/mol. The quantitative estimate of drug-likeness (QED) is 0.146. The largest absolute Gasteiger partial charge is 0.391 e. The number of H-pyrrole nitrogens is 1. The zero-order chi connectivity index (χ0) is 36.9. The highest BCUT2D eigenvalue weighted by atomic mass is 16.3. The molecule has 4 aromatic carbocycles. The van der Waals surface area contributed by atoms with E-state index in [1.807, 2.05) is 84.9 Å². The fraction of sp³-hybridized carbons (Fsp3) is 0.244. The molecular formula is C41H40N6O6. The number of aliphatic hydroxyl groups is 2. The molecule has 2 saturated heterocycles. The predicted octanol–water partition coefficient (Wildman–Crippen LogP) is 4.03. The number of anilines is 2. The van der Waals surface area contributed by atoms with Gasteiger partial charge in [-0.3, -0.25) is 19.2 Å². The van der Waals surface area contributed by atoms with Gasteiger partial charge in [0.1, 0.15) is 12.1 Å². The normalized spacial score (nSPS) is 19.6. The fourth-order valence-corrected chi connectivity index (χ4v) is 7.04. The monoisotopic (exact) mass is 712 g/mol. The van der Waals surface area contributed by atoms with E-state index >= 15 is 0 Å². The number of hydrogen-bond donors (Lipinski definition) is 5. The maximum absolute atomic E-state index is 13.3. The van der Waals surface area contributed by atoms with Crippen LogP contribution in [-0.4, -0.2) is 91.0 Å². The molecule has 0 aliphatic carbocycles. The van der Waals surface area contributed by atoms with Crippen LogP contribution in [0.3, 0.4) is 0 Å². The smallest absolute Gasteiger partial charge is 0.247 e. The first-order chi connectivity index (χ1) is 25.7. The summed E-state index contributed by atoms with van der Waals surface area (Å²) in [7, 11) is 0. The van der Waals surface area contributed by atoms with Gasteiger partial charge in [-0.05, 0) is 35.4 Å². The highest BCUT2D eigenvalue weighted by Crippen LogP contribution is 2.31. The van der Waals surface area contributed by atoms with Gasteiger partial charge >= 0.3 is 0 Å². The Bertz CT molecular complexity index is 1920. The fourth-order valence-electron chi connectivity index (χ4n) is 7.04. The summed E-state index contributed by atoms with van der Waals surface area (Å²) in [6, 6.07) is 31.5. The molecule has 4 amide bonds. The summed E-state index contributed by atoms with van der Waals surface area (Å²) in [4.78, 5) is 63.3. The van der Waals surface area contributed by atoms with E-state index in [1.165, 1.54) is 9.80 Å². The first-order valence-corrected chi connectivity index (χ1v) is 17.6. The van der Waals surface area contributed by atoms with Crippen molar-refractivity contribution >= 4 is 35.0 Å². The van der Waals surface area contributed by atoms with Crippen molar-refractivity contribution in [1.29, 1.82) is 0 Å². The molecule has 5 N–H and O–H groups in total. The third-order valence-corrected chi connectivity index (χ3v) is 9.71. The molecule has 53 heavy (non-hydrogen) atoms. The van der Waals surface area contributed by atoms with Crippen molar-refractivity contribution in [3.63, 3.8) is 0 Å². The van der Waals surface area contributed by atoms with Crippen molar-refractivity contribution in [2.24, 2.45) is 0 Å². The maximum atomic E-state index is 13.3. The molecule has 0 bridgehead atoms. The van der Waals surface area contributed by atoms with Gasteiger partial charge in [-0.1, -0.05) is 84.9 Å². The number of aliphatic hydroxyl groups excluding tert-OH is 2. The molecule has 0 spiro atoms. The number of aromatic amines is 1. The molecule has 4 atom stereocenters. The number of carbonyl (C=O) groups excluding carboxylic acids is 4. The highest BCUT2D eigenvalue weighted by Gasteiger charge is 2.40. The Morgan fingerprint density at radius 2 is 1.06 bits per heavy atom. The molecule has 0 radical (unpaired) electrons. The molecule has 7 rings (SSSR count). The van der Waals surface area contributed by atoms with Gasteiger partial charge < -0.3 is 35.6 Å². The standard InChI is InChI=1S/C41H40N6O6/c48-32-21-34(46(23-32)36(50)19-26-7-3-1-4-8-26)40(52)44-30-15-11-28(12-16-30)38-39(43-25-42-38)29-13-17-31(18-14-29)45-41(53)35-22-33(49)24-47(35)37(51)20-27-9-5-2-6-10-27/h1-18,25,32-35,48-49H,19-24H2,(H,42,43)(H,44,52)(H,45,53). The van der Waals surface area contributed by atoms with Crippen molar-refractivity contribution in [2.45, 2.75) is 50.0 Å². The van der Waals surface area contributed by atoms with Crippen molar-refractivity contribution < 1.29 is 29.4 Å². The molecule has 270 valence electrons. The SMILES string of the molecule is O=C(Nc1ccc(-c2nc[nH]c2-c2ccc(NC(=O)C3CC(O)CN3C(=O)Cc3ccccc3)cc2)cc1)C1CC(O)CN1C(=O)Cc1ccccc1. The summed E-state index contributed by atoms with van der Waals surface area (Å²) in [6.07, 6.45) is 0.680. The first-order valence-electron chi connectivity index (χ1n) is 17.6. The molecule has 1 aromatic heterocycles. The summed E-state index contributed by atoms with van der Waals surface area (Å²) in [6.45, 7) is 0.218. The third-order valence-electron chi connectivity index (χ3n) is 9.71. The minimum absolute atomic E-state index is 0.109. The maximum Gasteiger partial charge on any atom is 0.247 e. The van der Waals surface area contributed by atoms with Gasteiger partial charge in [0.2, 0.25) is 23.6 Å². The molecule has 4 unspecified atom stereocenters. The van der Waals surface area contributed by atoms with Crippen LogP contribution < -0.4 is 10.6 Å². The lowest BCUT2D eigenvalue weighted by Crippen LogP contribution is -2.43. The van der Waals surface area contributed by atoms with Crippen molar-refractivity contribution in [2.75, 3.05) is 23.7 Å². The van der Waals surface area contributed by atoms with E-state index in [9.17, 15) is 29.4 Å². The Morgan fingerprint density at radius 3 is 1.51 bits per heavy atom. The average Bonchev–Trinajstić information content (AvgIpc) is 3.92. The summed E-state index contributed by atoms with van der Waals surface area (Å²) >= 11 is 0. The zero-order valence-electron chi connectivity index (χ0n) is 28.9. The number of aromatic nitrogens is 2. The van der Waals surface area contributed by atoms with E-state index in [4.69, 9.17) is 0 Å². The number of likely N-dealkylation sites (tertiary alicyclic amines) is 2. The van der Waals surface area contributed by atoms with Gasteiger partial charge in [-0.2, -0.15) is 0 Å². The minimum Gasteiger partial charge on any atom is -0.391 e. The molecule has 12 nitrogen and oxygen atoms in total. The Kier molecular flexibility index (Phi) is 10.4. The van der Waals surface area contributed by atoms with Gasteiger partial charge in [0, 0.05) is 48.4 Å². The van der Waals surface area contributed by atoms with Crippen molar-refractivity contribution in [3.8, 4) is 22.5 Å². The summed E-state index contributed by atoms with van der Waals surface area (Å²) in [5, 5.41) is 26.4. The number of hydrogen-bond acceptors (Lipinski definition) is 7. The molecular weight excluding hydrogens is 672 g/mol. The number of β-amino-alcohol motifs (C(OH)–C–C–N with tert-alkyl or cyclic N) is 2. The highest BCUT2D eigenvalue weighted by molar-refractivity contribution is 5.99. The van der Waals surface area contributed by atoms with Crippen LogP contribution in [0.15, 0.2) is 116 Å². The summed E-state index contributed by atoms with van der Waals surface area (Å²) in [5.41, 5.74) is 5.84. The van der Waals surface area contributed by atoms with Gasteiger partial charge in [-0.15, -0.1) is 0 Å². The van der Waals surface area contributed by atoms with Crippen LogP contribution >= 0.6 is 0 Å². The van der Waals surface area contributed by atoms with E-state index < -0.39 is 24.3 Å². The van der Waals surface area contributed by atoms with Crippen LogP contribution in [0.2, 0.25) is 0 Å². The predicted molar refractivity (Wildman–Crippen MR) is 199 cm³/mol. The number of amides is 4. The number of benzene rings is 4. The van der Waals surface area contributed by atoms with E-state index in [0.717, 1.165) is 27.9 Å². The van der Waals surface area contributed by atoms with Crippen LogP contribution in [0.1, 0.15) is 24.0 Å². The second kappa shape index (κ2) is 15.6. The minimum atomic E-state index is -0.780. The van der Waals surface area contributed by atoms with Crippen LogP contribution in [0, 0.1) is 0 Å². The van der Waals surface area contributed by atoms with Gasteiger partial charge in [0.05, 0.1) is 42.8 Å². The Morgan fingerprint density at radius 1 is 0.623 bits per heavy atom. The number of rotatable bonds is 10. The summed E-state index contributed by atoms with van der Waals surface area (Å²) in [5.74, 6) is -1.15. The molecule has 3 heterocycles. The Labute approximate surface area is 306 Å². The number of nitrogens with zero attached hydrogens (tertiary/aromatic N) is 3. The van der Waals surface area contributed by atoms with E-state index in [2.05, 4.69) is 20.6 Å². The van der Waals surface area contributed by atoms with Gasteiger partial charge in [0.15, 0.2) is 0 Å². The number of imidazole rings is 1. The number of carbonyl (C=O) groups is 4. The van der Waals surface area contributed by atoms with Gasteiger partial charge in [-0.25, -0.2) is 4.98 Å². The van der Waals surface area contributed by atoms with Crippen molar-refractivity contribution in [1.82, 2.24) is 19.8 Å². The number of nitrogens with one attached hydrogen (secondary N) is 3. The van der Waals surface area contributed by atoms with Crippen LogP contribution in [-0.2, 0) is 32.0 Å². The molecule has 5 aromatic rings. The Hall–Kier alpha value is -6.11. The lowest BCUT2D eigenvalue weighted by molar-refractivity contribution is -0.136. The topological polar surface area (TPSA) is 168 Å². The van der Waals surface area contributed by atoms with E-state index in [-0.39, 0.29) is 62.4 Å². The molecule has 0 saturated carbocycles. The van der Waals surface area contributed by atoms with Crippen LogP contribution in [0.4, 0.5) is 11.4 Å². The second-order valence-electron chi connectivity index (χ2n) is 13.5. The molecule has 2 fully saturated rings. The Balaban J connectivity index is 0.972. The lowest BCUT2D eigenvalue weighted by atomic mass is 10.0. The van der Waals surface area contributed by atoms with Gasteiger partial charge in [0.25, 0.3) is 0 Å². The molecule has 2 aliphatic rings. The van der Waals surface area contributed by atoms with E-state index in [0.29, 0.717) is 17.1 Å². The first kappa shape index (κ1) is 35.3. The van der Waals surface area contributed by atoms with Crippen molar-refractivity contribution in [3.05, 3.63) is 127 Å². The molecule has 12 heteroatoms. The molecule has 2 aliphatic heterocycles. The summed E-state index contributed by atoms with van der Waals surface area (Å²) < 4.78 is 0. The van der Waals surface area contributed by atoms with E-state index in [1.54, 1.807) is 30.6 Å². The van der Waals surface area contributed by atoms with Crippen LogP contribution in [0.25, 0.3) is 22.5 Å². The zero-order valence-corrected chi connectivity index (χ0v) is 28.9. The van der Waals surface area contributed by atoms with Crippen LogP contribution in [0.5, 0.6) is 0 Å².